The molecule has 0 saturated carbocycles. The van der Waals surface area contributed by atoms with Crippen molar-refractivity contribution in [3.05, 3.63) is 29.8 Å². The lowest BCUT2D eigenvalue weighted by atomic mass is 10.2. The first-order valence-electron chi connectivity index (χ1n) is 9.35. The Kier molecular flexibility index (Phi) is 7.72. The van der Waals surface area contributed by atoms with Crippen LogP contribution in [0, 0.1) is 0 Å². The molecule has 0 spiro atoms. The highest BCUT2D eigenvalue weighted by molar-refractivity contribution is 5.94. The highest BCUT2D eigenvalue weighted by Crippen LogP contribution is 2.16. The van der Waals surface area contributed by atoms with Gasteiger partial charge in [-0.1, -0.05) is 0 Å². The van der Waals surface area contributed by atoms with E-state index in [0.717, 1.165) is 31.7 Å². The zero-order chi connectivity index (χ0) is 18.2. The van der Waals surface area contributed by atoms with Gasteiger partial charge in [0.05, 0.1) is 6.10 Å². The van der Waals surface area contributed by atoms with Crippen LogP contribution in [0.5, 0.6) is 5.75 Å². The second-order valence-electron chi connectivity index (χ2n) is 7.15. The number of nitrogens with zero attached hydrogens (tertiary/aromatic N) is 1. The molecule has 1 atom stereocenters. The number of amides is 1. The summed E-state index contributed by atoms with van der Waals surface area (Å²) in [6, 6.07) is 8.25. The minimum absolute atomic E-state index is 0.0434. The van der Waals surface area contributed by atoms with Crippen molar-refractivity contribution in [1.29, 1.82) is 0 Å². The molecule has 1 N–H and O–H groups in total. The van der Waals surface area contributed by atoms with E-state index < -0.39 is 0 Å². The van der Waals surface area contributed by atoms with Crippen LogP contribution >= 0.6 is 0 Å². The number of ether oxygens (including phenoxy) is 2. The number of rotatable bonds is 9. The van der Waals surface area contributed by atoms with Crippen LogP contribution in [-0.4, -0.2) is 55.3 Å². The maximum absolute atomic E-state index is 12.3. The van der Waals surface area contributed by atoms with Crippen molar-refractivity contribution in [3.63, 3.8) is 0 Å². The Bertz CT molecular complexity index is 514. The van der Waals surface area contributed by atoms with E-state index >= 15 is 0 Å². The summed E-state index contributed by atoms with van der Waals surface area (Å²) in [4.78, 5) is 14.6. The van der Waals surface area contributed by atoms with E-state index in [0.29, 0.717) is 30.8 Å². The van der Waals surface area contributed by atoms with Gasteiger partial charge in [0, 0.05) is 37.3 Å². The summed E-state index contributed by atoms with van der Waals surface area (Å²) in [6.07, 6.45) is 2.37. The Hall–Kier alpha value is -1.59. The molecular weight excluding hydrogens is 316 g/mol. The van der Waals surface area contributed by atoms with Crippen molar-refractivity contribution in [2.24, 2.45) is 0 Å². The van der Waals surface area contributed by atoms with Crippen molar-refractivity contribution in [1.82, 2.24) is 10.2 Å². The molecule has 140 valence electrons. The summed E-state index contributed by atoms with van der Waals surface area (Å²) in [5.41, 5.74) is 0.658. The maximum Gasteiger partial charge on any atom is 0.251 e. The van der Waals surface area contributed by atoms with E-state index in [1.54, 1.807) is 0 Å². The van der Waals surface area contributed by atoms with Gasteiger partial charge in [-0.25, -0.2) is 0 Å². The molecule has 1 heterocycles. The molecule has 1 aliphatic heterocycles. The third-order valence-electron chi connectivity index (χ3n) is 4.56. The molecule has 5 heteroatoms. The number of carbonyl (C=O) groups excluding carboxylic acids is 1. The third-order valence-corrected chi connectivity index (χ3v) is 4.56. The third kappa shape index (κ3) is 6.33. The lowest BCUT2D eigenvalue weighted by Crippen LogP contribution is -2.42. The molecule has 5 nitrogen and oxygen atoms in total. The summed E-state index contributed by atoms with van der Waals surface area (Å²) in [7, 11) is 0. The fourth-order valence-corrected chi connectivity index (χ4v) is 3.18. The molecule has 1 aliphatic rings. The largest absolute Gasteiger partial charge is 0.491 e. The number of carbonyl (C=O) groups is 1. The molecule has 0 aromatic heterocycles. The Morgan fingerprint density at radius 2 is 1.92 bits per heavy atom. The summed E-state index contributed by atoms with van der Waals surface area (Å²) in [6.45, 7) is 11.6. The van der Waals surface area contributed by atoms with Gasteiger partial charge in [0.2, 0.25) is 0 Å². The molecule has 1 aromatic carbocycles. The lowest BCUT2D eigenvalue weighted by molar-refractivity contribution is 0.0679. The first-order chi connectivity index (χ1) is 12.0. The lowest BCUT2D eigenvalue weighted by Gasteiger charge is -2.30. The average Bonchev–Trinajstić information content (AvgIpc) is 3.10. The summed E-state index contributed by atoms with van der Waals surface area (Å²) in [5.74, 6) is 0.732. The van der Waals surface area contributed by atoms with Crippen molar-refractivity contribution in [2.75, 3.05) is 26.3 Å². The standard InChI is InChI=1S/C20H32N2O3/c1-15(2)22(16(3)4)12-11-21-20(23)17-7-9-18(10-8-17)25-14-19-6-5-13-24-19/h7-10,15-16,19H,5-6,11-14H2,1-4H3,(H,21,23)/t19-/m1/s1. The van der Waals surface area contributed by atoms with Gasteiger partial charge in [0.1, 0.15) is 12.4 Å². The number of hydrogen-bond donors (Lipinski definition) is 1. The molecule has 1 aromatic rings. The zero-order valence-electron chi connectivity index (χ0n) is 16.0. The molecule has 0 unspecified atom stereocenters. The van der Waals surface area contributed by atoms with Crippen LogP contribution in [-0.2, 0) is 4.74 Å². The van der Waals surface area contributed by atoms with Crippen molar-refractivity contribution in [2.45, 2.75) is 58.7 Å². The van der Waals surface area contributed by atoms with Crippen LogP contribution < -0.4 is 10.1 Å². The molecule has 2 rings (SSSR count). The van der Waals surface area contributed by atoms with Crippen LogP contribution in [0.2, 0.25) is 0 Å². The molecular formula is C20H32N2O3. The van der Waals surface area contributed by atoms with Crippen LogP contribution in [0.15, 0.2) is 24.3 Å². The van der Waals surface area contributed by atoms with Gasteiger partial charge in [0.25, 0.3) is 5.91 Å². The van der Waals surface area contributed by atoms with Crippen LogP contribution in [0.25, 0.3) is 0 Å². The second-order valence-corrected chi connectivity index (χ2v) is 7.15. The van der Waals surface area contributed by atoms with Crippen molar-refractivity contribution < 1.29 is 14.3 Å². The van der Waals surface area contributed by atoms with E-state index in [1.165, 1.54) is 0 Å². The maximum atomic E-state index is 12.3. The SMILES string of the molecule is CC(C)N(CCNC(=O)c1ccc(OC[C@H]2CCCO2)cc1)C(C)C. The minimum Gasteiger partial charge on any atom is -0.491 e. The van der Waals surface area contributed by atoms with Gasteiger partial charge >= 0.3 is 0 Å². The second kappa shape index (κ2) is 9.78. The Labute approximate surface area is 151 Å². The topological polar surface area (TPSA) is 50.8 Å². The number of nitrogens with one attached hydrogen (secondary N) is 1. The minimum atomic E-state index is -0.0434. The van der Waals surface area contributed by atoms with Gasteiger partial charge in [-0.15, -0.1) is 0 Å². The Morgan fingerprint density at radius 3 is 2.48 bits per heavy atom. The molecule has 25 heavy (non-hydrogen) atoms. The van der Waals surface area contributed by atoms with Crippen LogP contribution in [0.4, 0.5) is 0 Å². The molecule has 0 aliphatic carbocycles. The summed E-state index contributed by atoms with van der Waals surface area (Å²) >= 11 is 0. The molecule has 1 fully saturated rings. The van der Waals surface area contributed by atoms with Crippen molar-refractivity contribution in [3.8, 4) is 5.75 Å². The highest BCUT2D eigenvalue weighted by Gasteiger charge is 2.16. The van der Waals surface area contributed by atoms with E-state index in [-0.39, 0.29) is 12.0 Å². The van der Waals surface area contributed by atoms with E-state index in [9.17, 15) is 4.79 Å². The molecule has 0 radical (unpaired) electrons. The number of hydrogen-bond acceptors (Lipinski definition) is 4. The average molecular weight is 348 g/mol. The predicted octanol–water partition coefficient (Wildman–Crippen LogP) is 3.09. The number of benzene rings is 1. The molecule has 1 amide bonds. The smallest absolute Gasteiger partial charge is 0.251 e. The first-order valence-corrected chi connectivity index (χ1v) is 9.35. The van der Waals surface area contributed by atoms with E-state index in [1.807, 2.05) is 24.3 Å². The van der Waals surface area contributed by atoms with Crippen molar-refractivity contribution >= 4 is 5.91 Å². The van der Waals surface area contributed by atoms with Gasteiger partial charge in [-0.3, -0.25) is 9.69 Å². The van der Waals surface area contributed by atoms with E-state index in [4.69, 9.17) is 9.47 Å². The van der Waals surface area contributed by atoms with Gasteiger partial charge in [0.15, 0.2) is 0 Å². The normalized spacial score (nSPS) is 17.5. The highest BCUT2D eigenvalue weighted by atomic mass is 16.5. The van der Waals surface area contributed by atoms with Gasteiger partial charge < -0.3 is 14.8 Å². The quantitative estimate of drug-likeness (QED) is 0.745. The predicted molar refractivity (Wildman–Crippen MR) is 100 cm³/mol. The van der Waals surface area contributed by atoms with E-state index in [2.05, 4.69) is 37.9 Å². The first kappa shape index (κ1) is 19.7. The summed E-state index contributed by atoms with van der Waals surface area (Å²) in [5, 5.41) is 2.99. The Balaban J connectivity index is 1.75. The fourth-order valence-electron chi connectivity index (χ4n) is 3.18. The zero-order valence-corrected chi connectivity index (χ0v) is 16.0. The Morgan fingerprint density at radius 1 is 1.24 bits per heavy atom. The van der Waals surface area contributed by atoms with Crippen LogP contribution in [0.1, 0.15) is 50.9 Å². The molecule has 0 bridgehead atoms. The summed E-state index contributed by atoms with van der Waals surface area (Å²) < 4.78 is 11.3. The molecule has 1 saturated heterocycles. The monoisotopic (exact) mass is 348 g/mol. The fraction of sp³-hybridized carbons (Fsp3) is 0.650. The van der Waals surface area contributed by atoms with Gasteiger partial charge in [-0.05, 0) is 64.8 Å². The van der Waals surface area contributed by atoms with Crippen LogP contribution in [0.3, 0.4) is 0 Å². The van der Waals surface area contributed by atoms with Gasteiger partial charge in [-0.2, -0.15) is 0 Å².